The van der Waals surface area contributed by atoms with Gasteiger partial charge in [0.2, 0.25) is 0 Å². The summed E-state index contributed by atoms with van der Waals surface area (Å²) in [6.45, 7) is 6.21. The van der Waals surface area contributed by atoms with Crippen LogP contribution >= 0.6 is 15.9 Å². The first-order valence-electron chi connectivity index (χ1n) is 7.67. The van der Waals surface area contributed by atoms with Gasteiger partial charge in [-0.05, 0) is 48.5 Å². The van der Waals surface area contributed by atoms with Crippen LogP contribution in [0.25, 0.3) is 5.65 Å². The Kier molecular flexibility index (Phi) is 2.73. The van der Waals surface area contributed by atoms with Gasteiger partial charge in [0.05, 0.1) is 27.8 Å². The number of hydrogen-bond donors (Lipinski definition) is 0. The maximum atomic E-state index is 9.31. The van der Waals surface area contributed by atoms with Gasteiger partial charge in [-0.15, -0.1) is 0 Å². The third-order valence-corrected chi connectivity index (χ3v) is 6.12. The Balaban J connectivity index is 1.72. The van der Waals surface area contributed by atoms with E-state index in [2.05, 4.69) is 35.1 Å². The molecule has 114 valence electrons. The summed E-state index contributed by atoms with van der Waals surface area (Å²) in [5, 5.41) is 9.31. The van der Waals surface area contributed by atoms with Crippen LogP contribution in [0.4, 0.5) is 0 Å². The fraction of sp³-hybridized carbons (Fsp3) is 0.529. The van der Waals surface area contributed by atoms with E-state index in [1.54, 1.807) is 0 Å². The molecule has 3 aliphatic rings. The number of imidazole rings is 1. The Morgan fingerprint density at radius 3 is 2.77 bits per heavy atom. The van der Waals surface area contributed by atoms with Crippen LogP contribution in [0, 0.1) is 22.7 Å². The first-order valence-corrected chi connectivity index (χ1v) is 8.46. The van der Waals surface area contributed by atoms with E-state index < -0.39 is 0 Å². The normalized spacial score (nSPS) is 32.5. The first-order chi connectivity index (χ1) is 10.4. The SMILES string of the molecule is CC(C)Oc1cc2nc(C34CC(C#N)(C3)[C@@H]4C)cn2cc1Br. The third-order valence-electron chi connectivity index (χ3n) is 5.52. The van der Waals surface area contributed by atoms with Crippen molar-refractivity contribution in [3.05, 3.63) is 28.6 Å². The molecule has 2 aromatic rings. The van der Waals surface area contributed by atoms with Gasteiger partial charge >= 0.3 is 0 Å². The summed E-state index contributed by atoms with van der Waals surface area (Å²) in [4.78, 5) is 4.82. The molecule has 0 unspecified atom stereocenters. The van der Waals surface area contributed by atoms with Crippen molar-refractivity contribution in [1.82, 2.24) is 9.38 Å². The van der Waals surface area contributed by atoms with Crippen LogP contribution in [0.5, 0.6) is 5.75 Å². The predicted molar refractivity (Wildman–Crippen MR) is 86.8 cm³/mol. The quantitative estimate of drug-likeness (QED) is 0.829. The molecule has 0 radical (unpaired) electrons. The number of rotatable bonds is 3. The smallest absolute Gasteiger partial charge is 0.140 e. The lowest BCUT2D eigenvalue weighted by molar-refractivity contribution is -0.171. The molecule has 0 saturated heterocycles. The minimum absolute atomic E-state index is 0.0811. The number of hydrogen-bond acceptors (Lipinski definition) is 3. The monoisotopic (exact) mass is 359 g/mol. The Morgan fingerprint density at radius 1 is 1.45 bits per heavy atom. The number of aromatic nitrogens is 2. The topological polar surface area (TPSA) is 50.3 Å². The van der Waals surface area contributed by atoms with Crippen LogP contribution in [0.1, 0.15) is 39.3 Å². The van der Waals surface area contributed by atoms with Crippen LogP contribution in [-0.2, 0) is 5.41 Å². The van der Waals surface area contributed by atoms with E-state index in [1.807, 2.05) is 30.5 Å². The van der Waals surface area contributed by atoms with Crippen molar-refractivity contribution in [2.75, 3.05) is 0 Å². The highest BCUT2D eigenvalue weighted by Crippen LogP contribution is 2.76. The van der Waals surface area contributed by atoms with Gasteiger partial charge in [0.25, 0.3) is 0 Å². The molecule has 2 bridgehead atoms. The van der Waals surface area contributed by atoms with Gasteiger partial charge < -0.3 is 9.14 Å². The van der Waals surface area contributed by atoms with Crippen LogP contribution in [0.3, 0.4) is 0 Å². The highest BCUT2D eigenvalue weighted by molar-refractivity contribution is 9.10. The van der Waals surface area contributed by atoms with E-state index in [4.69, 9.17) is 9.72 Å². The van der Waals surface area contributed by atoms with Crippen molar-refractivity contribution in [3.8, 4) is 11.8 Å². The summed E-state index contributed by atoms with van der Waals surface area (Å²) < 4.78 is 8.78. The summed E-state index contributed by atoms with van der Waals surface area (Å²) in [5.41, 5.74) is 2.05. The van der Waals surface area contributed by atoms with E-state index in [1.165, 1.54) is 0 Å². The lowest BCUT2D eigenvalue weighted by atomic mass is 9.29. The average molecular weight is 360 g/mol. The van der Waals surface area contributed by atoms with Crippen molar-refractivity contribution in [2.24, 2.45) is 11.3 Å². The fourth-order valence-corrected chi connectivity index (χ4v) is 4.53. The van der Waals surface area contributed by atoms with Crippen LogP contribution in [0.2, 0.25) is 0 Å². The molecular weight excluding hydrogens is 342 g/mol. The highest BCUT2D eigenvalue weighted by atomic mass is 79.9. The van der Waals surface area contributed by atoms with Crippen LogP contribution in [0.15, 0.2) is 22.9 Å². The number of nitrogens with zero attached hydrogens (tertiary/aromatic N) is 3. The third kappa shape index (κ3) is 1.59. The van der Waals surface area contributed by atoms with E-state index >= 15 is 0 Å². The van der Waals surface area contributed by atoms with Crippen LogP contribution < -0.4 is 4.74 Å². The average Bonchev–Trinajstić information content (AvgIpc) is 2.80. The molecule has 1 atom stereocenters. The Bertz CT molecular complexity index is 811. The summed E-state index contributed by atoms with van der Waals surface area (Å²) in [6.07, 6.45) is 6.15. The van der Waals surface area contributed by atoms with Gasteiger partial charge in [-0.25, -0.2) is 4.98 Å². The highest BCUT2D eigenvalue weighted by Gasteiger charge is 2.75. The molecule has 2 heterocycles. The second-order valence-electron chi connectivity index (χ2n) is 7.04. The molecule has 3 fully saturated rings. The van der Waals surface area contributed by atoms with E-state index in [0.717, 1.165) is 34.4 Å². The minimum atomic E-state index is -0.0811. The largest absolute Gasteiger partial charge is 0.490 e. The summed E-state index contributed by atoms with van der Waals surface area (Å²) in [7, 11) is 0. The van der Waals surface area contributed by atoms with E-state index in [-0.39, 0.29) is 16.9 Å². The van der Waals surface area contributed by atoms with Gasteiger partial charge in [0.1, 0.15) is 11.4 Å². The summed E-state index contributed by atoms with van der Waals surface area (Å²) in [5.74, 6) is 1.23. The molecule has 2 aromatic heterocycles. The van der Waals surface area contributed by atoms with E-state index in [9.17, 15) is 5.26 Å². The molecular formula is C17H18BrN3O. The maximum Gasteiger partial charge on any atom is 0.140 e. The molecule has 0 N–H and O–H groups in total. The number of fused-ring (bicyclic) bond motifs is 1. The molecule has 3 saturated carbocycles. The molecule has 4 nitrogen and oxygen atoms in total. The Morgan fingerprint density at radius 2 is 2.18 bits per heavy atom. The number of halogens is 1. The molecule has 5 heteroatoms. The van der Waals surface area contributed by atoms with Gasteiger partial charge in [0.15, 0.2) is 0 Å². The molecule has 5 rings (SSSR count). The molecule has 3 aliphatic carbocycles. The van der Waals surface area contributed by atoms with Gasteiger partial charge in [-0.2, -0.15) is 5.26 Å². The summed E-state index contributed by atoms with van der Waals surface area (Å²) in [6, 6.07) is 4.48. The zero-order valence-corrected chi connectivity index (χ0v) is 14.5. The fourth-order valence-electron chi connectivity index (χ4n) is 4.11. The predicted octanol–water partition coefficient (Wildman–Crippen LogP) is 4.08. The first kappa shape index (κ1) is 14.1. The van der Waals surface area contributed by atoms with Crippen LogP contribution in [-0.4, -0.2) is 15.5 Å². The molecule has 0 amide bonds. The minimum Gasteiger partial charge on any atom is -0.490 e. The summed E-state index contributed by atoms with van der Waals surface area (Å²) >= 11 is 3.56. The lowest BCUT2D eigenvalue weighted by Gasteiger charge is -2.71. The van der Waals surface area contributed by atoms with E-state index in [0.29, 0.717) is 5.92 Å². The van der Waals surface area contributed by atoms with Crippen molar-refractivity contribution >= 4 is 21.6 Å². The van der Waals surface area contributed by atoms with Crippen molar-refractivity contribution < 1.29 is 4.74 Å². The standard InChI is InChI=1S/C17H18BrN3O/c1-10(2)22-13-4-15-20-14(6-21(15)5-12(13)18)17-7-16(8-17,9-19)11(17)3/h4-6,10-11H,7-8H2,1-3H3/t11-,16?,17?/m0/s1. The molecule has 0 aliphatic heterocycles. The Labute approximate surface area is 138 Å². The number of nitriles is 1. The van der Waals surface area contributed by atoms with Crippen molar-refractivity contribution in [1.29, 1.82) is 5.26 Å². The Hall–Kier alpha value is -1.54. The van der Waals surface area contributed by atoms with Crippen molar-refractivity contribution in [3.63, 3.8) is 0 Å². The maximum absolute atomic E-state index is 9.31. The van der Waals surface area contributed by atoms with Gasteiger partial charge in [0, 0.05) is 23.9 Å². The molecule has 0 aromatic carbocycles. The molecule has 0 spiro atoms. The molecule has 22 heavy (non-hydrogen) atoms. The lowest BCUT2D eigenvalue weighted by Crippen LogP contribution is -2.71. The second-order valence-corrected chi connectivity index (χ2v) is 7.90. The van der Waals surface area contributed by atoms with Gasteiger partial charge in [-0.3, -0.25) is 0 Å². The van der Waals surface area contributed by atoms with Crippen molar-refractivity contribution in [2.45, 2.75) is 45.1 Å². The number of ether oxygens (including phenoxy) is 1. The second kappa shape index (κ2) is 4.26. The zero-order valence-electron chi connectivity index (χ0n) is 12.9. The van der Waals surface area contributed by atoms with Gasteiger partial charge in [-0.1, -0.05) is 6.92 Å². The number of pyridine rings is 1. The zero-order chi connectivity index (χ0) is 15.7.